The van der Waals surface area contributed by atoms with Crippen LogP contribution in [0, 0.1) is 13.8 Å². The molecule has 0 aliphatic rings. The van der Waals surface area contributed by atoms with E-state index in [0.717, 1.165) is 22.3 Å². The lowest BCUT2D eigenvalue weighted by atomic mass is 10.4. The van der Waals surface area contributed by atoms with Crippen LogP contribution in [-0.4, -0.2) is 48.6 Å². The van der Waals surface area contributed by atoms with E-state index in [1.807, 2.05) is 38.4 Å². The van der Waals surface area contributed by atoms with Crippen molar-refractivity contribution in [1.29, 1.82) is 0 Å². The lowest BCUT2D eigenvalue weighted by molar-refractivity contribution is 0.851. The number of nitrogens with two attached hydrogens (primary N) is 1. The van der Waals surface area contributed by atoms with Gasteiger partial charge in [0.2, 0.25) is 11.9 Å². The molecule has 0 saturated carbocycles. The molecule has 0 fully saturated rings. The molecule has 0 saturated heterocycles. The molecular formula is C13H17N9S. The quantitative estimate of drug-likeness (QED) is 0.696. The zero-order valence-electron chi connectivity index (χ0n) is 13.3. The van der Waals surface area contributed by atoms with Crippen molar-refractivity contribution in [2.24, 2.45) is 0 Å². The van der Waals surface area contributed by atoms with Crippen LogP contribution in [0.3, 0.4) is 0 Å². The van der Waals surface area contributed by atoms with E-state index in [2.05, 4.69) is 30.1 Å². The van der Waals surface area contributed by atoms with Gasteiger partial charge in [-0.25, -0.2) is 4.98 Å². The molecule has 9 nitrogen and oxygen atoms in total. The summed E-state index contributed by atoms with van der Waals surface area (Å²) < 4.78 is 1.91. The van der Waals surface area contributed by atoms with Gasteiger partial charge >= 0.3 is 0 Å². The lowest BCUT2D eigenvalue weighted by Crippen LogP contribution is -2.16. The summed E-state index contributed by atoms with van der Waals surface area (Å²) in [5.41, 5.74) is 7.43. The molecular weight excluding hydrogens is 314 g/mol. The second-order valence-corrected chi connectivity index (χ2v) is 6.16. The number of aryl methyl sites for hydroxylation is 2. The number of nitrogen functional groups attached to an aromatic ring is 1. The standard InChI is InChI=1S/C13H17N9S/c1-7-5-10-19-20-13(22(10)8(2)15-7)23-6-9-16-11(14)18-12(17-9)21(3)4/h5H,6H2,1-4H3,(H2,14,16,17,18). The van der Waals surface area contributed by atoms with Gasteiger partial charge in [0, 0.05) is 25.9 Å². The Balaban J connectivity index is 1.87. The van der Waals surface area contributed by atoms with E-state index < -0.39 is 0 Å². The van der Waals surface area contributed by atoms with Gasteiger partial charge in [0.15, 0.2) is 10.8 Å². The van der Waals surface area contributed by atoms with E-state index in [-0.39, 0.29) is 5.95 Å². The van der Waals surface area contributed by atoms with Gasteiger partial charge in [-0.05, 0) is 13.8 Å². The molecule has 3 heterocycles. The van der Waals surface area contributed by atoms with Crippen LogP contribution in [0.1, 0.15) is 17.3 Å². The Morgan fingerprint density at radius 3 is 2.65 bits per heavy atom. The molecule has 3 aromatic heterocycles. The first-order valence-electron chi connectivity index (χ1n) is 6.94. The predicted octanol–water partition coefficient (Wildman–Crippen LogP) is 0.867. The molecule has 0 aromatic carbocycles. The fourth-order valence-corrected chi connectivity index (χ4v) is 2.96. The topological polar surface area (TPSA) is 111 Å². The van der Waals surface area contributed by atoms with Gasteiger partial charge < -0.3 is 10.6 Å². The molecule has 0 amide bonds. The van der Waals surface area contributed by atoms with Crippen molar-refractivity contribution >= 4 is 29.3 Å². The van der Waals surface area contributed by atoms with Crippen molar-refractivity contribution in [1.82, 2.24) is 34.5 Å². The number of fused-ring (bicyclic) bond motifs is 1. The molecule has 23 heavy (non-hydrogen) atoms. The van der Waals surface area contributed by atoms with Crippen molar-refractivity contribution in [2.45, 2.75) is 24.8 Å². The first kappa shape index (κ1) is 15.4. The van der Waals surface area contributed by atoms with Crippen LogP contribution >= 0.6 is 11.8 Å². The van der Waals surface area contributed by atoms with Crippen molar-refractivity contribution in [2.75, 3.05) is 24.7 Å². The number of hydrogen-bond acceptors (Lipinski definition) is 9. The third-order valence-corrected chi connectivity index (χ3v) is 4.00. The van der Waals surface area contributed by atoms with E-state index in [4.69, 9.17) is 5.73 Å². The first-order chi connectivity index (χ1) is 10.9. The summed E-state index contributed by atoms with van der Waals surface area (Å²) in [6.45, 7) is 3.86. The number of aromatic nitrogens is 7. The SMILES string of the molecule is Cc1cc2nnc(SCc3nc(N)nc(N(C)C)n3)n2c(C)n1. The Morgan fingerprint density at radius 1 is 1.13 bits per heavy atom. The predicted molar refractivity (Wildman–Crippen MR) is 88.4 cm³/mol. The summed E-state index contributed by atoms with van der Waals surface area (Å²) >= 11 is 1.48. The van der Waals surface area contributed by atoms with Crippen LogP contribution in [0.4, 0.5) is 11.9 Å². The van der Waals surface area contributed by atoms with Gasteiger partial charge in [-0.1, -0.05) is 11.8 Å². The maximum absolute atomic E-state index is 5.74. The molecule has 10 heteroatoms. The van der Waals surface area contributed by atoms with Crippen LogP contribution in [0.2, 0.25) is 0 Å². The van der Waals surface area contributed by atoms with E-state index in [1.165, 1.54) is 11.8 Å². The van der Waals surface area contributed by atoms with E-state index in [0.29, 0.717) is 17.5 Å². The molecule has 3 aromatic rings. The molecule has 0 aliphatic heterocycles. The van der Waals surface area contributed by atoms with Gasteiger partial charge in [-0.3, -0.25) is 4.40 Å². The summed E-state index contributed by atoms with van der Waals surface area (Å²) in [6.07, 6.45) is 0. The van der Waals surface area contributed by atoms with Crippen LogP contribution < -0.4 is 10.6 Å². The molecule has 120 valence electrons. The van der Waals surface area contributed by atoms with Crippen LogP contribution in [0.5, 0.6) is 0 Å². The highest BCUT2D eigenvalue weighted by Crippen LogP contribution is 2.22. The average molecular weight is 331 g/mol. The second-order valence-electron chi connectivity index (χ2n) is 5.21. The molecule has 0 spiro atoms. The Kier molecular flexibility index (Phi) is 3.99. The zero-order valence-corrected chi connectivity index (χ0v) is 14.2. The number of hydrogen-bond donors (Lipinski definition) is 1. The maximum Gasteiger partial charge on any atom is 0.229 e. The number of thioether (sulfide) groups is 1. The number of nitrogens with zero attached hydrogens (tertiary/aromatic N) is 8. The number of rotatable bonds is 4. The van der Waals surface area contributed by atoms with Crippen LogP contribution in [0.25, 0.3) is 5.65 Å². The Bertz CT molecular complexity index is 858. The Morgan fingerprint density at radius 2 is 1.91 bits per heavy atom. The smallest absolute Gasteiger partial charge is 0.229 e. The van der Waals surface area contributed by atoms with Crippen LogP contribution in [0.15, 0.2) is 11.2 Å². The Hall–Kier alpha value is -2.49. The van der Waals surface area contributed by atoms with E-state index in [9.17, 15) is 0 Å². The largest absolute Gasteiger partial charge is 0.368 e. The highest BCUT2D eigenvalue weighted by molar-refractivity contribution is 7.98. The summed E-state index contributed by atoms with van der Waals surface area (Å²) in [5.74, 6) is 2.70. The molecule has 0 radical (unpaired) electrons. The molecule has 2 N–H and O–H groups in total. The van der Waals surface area contributed by atoms with Crippen LogP contribution in [-0.2, 0) is 5.75 Å². The molecule has 0 unspecified atom stereocenters. The molecule has 3 rings (SSSR count). The minimum Gasteiger partial charge on any atom is -0.368 e. The first-order valence-corrected chi connectivity index (χ1v) is 7.92. The lowest BCUT2D eigenvalue weighted by Gasteiger charge is -2.11. The molecule has 0 aliphatic carbocycles. The van der Waals surface area contributed by atoms with Crippen molar-refractivity contribution in [3.63, 3.8) is 0 Å². The zero-order chi connectivity index (χ0) is 16.6. The minimum atomic E-state index is 0.207. The fourth-order valence-electron chi connectivity index (χ4n) is 2.12. The van der Waals surface area contributed by atoms with E-state index >= 15 is 0 Å². The van der Waals surface area contributed by atoms with Crippen molar-refractivity contribution in [3.05, 3.63) is 23.4 Å². The van der Waals surface area contributed by atoms with Gasteiger partial charge in [0.05, 0.1) is 5.75 Å². The summed E-state index contributed by atoms with van der Waals surface area (Å²) in [7, 11) is 3.71. The third kappa shape index (κ3) is 3.16. The van der Waals surface area contributed by atoms with Gasteiger partial charge in [-0.15, -0.1) is 10.2 Å². The maximum atomic E-state index is 5.74. The summed E-state index contributed by atoms with van der Waals surface area (Å²) in [4.78, 5) is 18.9. The van der Waals surface area contributed by atoms with Crippen molar-refractivity contribution in [3.8, 4) is 0 Å². The van der Waals surface area contributed by atoms with Gasteiger partial charge in [0.25, 0.3) is 0 Å². The molecule has 0 atom stereocenters. The Labute approximate surface area is 137 Å². The van der Waals surface area contributed by atoms with E-state index in [1.54, 1.807) is 4.90 Å². The second kappa shape index (κ2) is 5.95. The average Bonchev–Trinajstić information content (AvgIpc) is 2.87. The monoisotopic (exact) mass is 331 g/mol. The summed E-state index contributed by atoms with van der Waals surface area (Å²) in [6, 6.07) is 1.90. The van der Waals surface area contributed by atoms with Crippen molar-refractivity contribution < 1.29 is 0 Å². The highest BCUT2D eigenvalue weighted by Gasteiger charge is 2.12. The van der Waals surface area contributed by atoms with Gasteiger partial charge in [0.1, 0.15) is 11.6 Å². The van der Waals surface area contributed by atoms with Gasteiger partial charge in [-0.2, -0.15) is 15.0 Å². The highest BCUT2D eigenvalue weighted by atomic mass is 32.2. The molecule has 0 bridgehead atoms. The minimum absolute atomic E-state index is 0.207. The third-order valence-electron chi connectivity index (χ3n) is 3.08. The number of anilines is 2. The normalized spacial score (nSPS) is 11.1. The summed E-state index contributed by atoms with van der Waals surface area (Å²) in [5, 5.41) is 9.14. The fraction of sp³-hybridized carbons (Fsp3) is 0.385.